The second kappa shape index (κ2) is 4.28. The predicted octanol–water partition coefficient (Wildman–Crippen LogP) is 0.813. The molecule has 0 aromatic carbocycles. The van der Waals surface area contributed by atoms with Crippen LogP contribution in [0.3, 0.4) is 0 Å². The van der Waals surface area contributed by atoms with E-state index >= 15 is 0 Å². The Kier molecular flexibility index (Phi) is 4.36. The summed E-state index contributed by atoms with van der Waals surface area (Å²) in [7, 11) is -2.39. The van der Waals surface area contributed by atoms with Crippen molar-refractivity contribution in [1.82, 2.24) is 0 Å². The zero-order valence-corrected chi connectivity index (χ0v) is 4.85. The Hall–Kier alpha value is 0.120. The van der Waals surface area contributed by atoms with E-state index in [9.17, 15) is 8.96 Å². The molecule has 0 aromatic heterocycles. The zero-order chi connectivity index (χ0) is 5.70. The Labute approximate surface area is 42.2 Å². The van der Waals surface area contributed by atoms with E-state index in [1.54, 1.807) is 0 Å². The molecular formula is C3H8FO2P. The minimum atomic E-state index is -2.39. The van der Waals surface area contributed by atoms with Gasteiger partial charge in [0, 0.05) is 6.16 Å². The van der Waals surface area contributed by atoms with Gasteiger partial charge in [0.05, 0.1) is 6.67 Å². The fourth-order valence-corrected chi connectivity index (χ4v) is 0.654. The maximum absolute atomic E-state index is 11.1. The summed E-state index contributed by atoms with van der Waals surface area (Å²) in [5, 5.41) is 0. The van der Waals surface area contributed by atoms with Crippen LogP contribution in [0.5, 0.6) is 0 Å². The third kappa shape index (κ3) is 6.12. The molecule has 0 aliphatic carbocycles. The van der Waals surface area contributed by atoms with Crippen LogP contribution in [-0.4, -0.2) is 17.7 Å². The first-order valence-corrected chi connectivity index (χ1v) is 3.61. The van der Waals surface area contributed by atoms with Crippen LogP contribution in [0.15, 0.2) is 0 Å². The summed E-state index contributed by atoms with van der Waals surface area (Å²) >= 11 is 0. The molecule has 0 amide bonds. The average Bonchev–Trinajstić information content (AvgIpc) is 1.61. The van der Waals surface area contributed by atoms with Crippen molar-refractivity contribution in [1.29, 1.82) is 0 Å². The molecule has 1 N–H and O–H groups in total. The first kappa shape index (κ1) is 7.12. The summed E-state index contributed by atoms with van der Waals surface area (Å²) in [6.45, 7) is -0.489. The highest BCUT2D eigenvalue weighted by atomic mass is 31.1. The lowest BCUT2D eigenvalue weighted by molar-refractivity contribution is 0.469. The number of rotatable bonds is 3. The molecule has 0 saturated heterocycles. The summed E-state index contributed by atoms with van der Waals surface area (Å²) in [6.07, 6.45) is 0.343. The molecule has 44 valence electrons. The summed E-state index contributed by atoms with van der Waals surface area (Å²) in [6, 6.07) is 0. The van der Waals surface area contributed by atoms with Gasteiger partial charge in [-0.15, -0.1) is 0 Å². The van der Waals surface area contributed by atoms with Gasteiger partial charge in [-0.3, -0.25) is 8.96 Å². The van der Waals surface area contributed by atoms with Crippen LogP contribution in [0.2, 0.25) is 0 Å². The number of hydrogen-bond acceptors (Lipinski definition) is 1. The largest absolute Gasteiger partial charge is 0.346 e. The first-order chi connectivity index (χ1) is 3.27. The van der Waals surface area contributed by atoms with Crippen molar-refractivity contribution >= 4 is 8.03 Å². The van der Waals surface area contributed by atoms with Crippen LogP contribution in [0.25, 0.3) is 0 Å². The van der Waals surface area contributed by atoms with Gasteiger partial charge in [-0.05, 0) is 6.42 Å². The molecule has 0 aromatic rings. The van der Waals surface area contributed by atoms with E-state index in [2.05, 4.69) is 0 Å². The van der Waals surface area contributed by atoms with Gasteiger partial charge in [0.2, 0.25) is 0 Å². The summed E-state index contributed by atoms with van der Waals surface area (Å²) in [5.74, 6) is 0. The molecule has 0 aliphatic rings. The SMILES string of the molecule is O=[PH](O)CCCF. The standard InChI is InChI=1S/C3H8FO2P/c4-2-1-3-7(5)6/h7H,1-3H2,(H,5,6). The van der Waals surface area contributed by atoms with Crippen molar-refractivity contribution in [3.63, 3.8) is 0 Å². The van der Waals surface area contributed by atoms with E-state index in [0.29, 0.717) is 0 Å². The molecule has 0 saturated carbocycles. The van der Waals surface area contributed by atoms with Crippen molar-refractivity contribution in [2.45, 2.75) is 6.42 Å². The molecule has 1 atom stereocenters. The molecule has 0 aliphatic heterocycles. The van der Waals surface area contributed by atoms with Crippen LogP contribution >= 0.6 is 8.03 Å². The molecule has 2 nitrogen and oxygen atoms in total. The molecule has 0 fully saturated rings. The number of halogens is 1. The molecule has 4 heteroatoms. The highest BCUT2D eigenvalue weighted by molar-refractivity contribution is 7.37. The normalized spacial score (nSPS) is 14.0. The first-order valence-electron chi connectivity index (χ1n) is 2.05. The van der Waals surface area contributed by atoms with Gasteiger partial charge in [0.25, 0.3) is 0 Å². The monoisotopic (exact) mass is 126 g/mol. The van der Waals surface area contributed by atoms with Crippen molar-refractivity contribution in [3.8, 4) is 0 Å². The van der Waals surface area contributed by atoms with Gasteiger partial charge in [0.15, 0.2) is 8.03 Å². The van der Waals surface area contributed by atoms with Gasteiger partial charge in [-0.25, -0.2) is 0 Å². The zero-order valence-electron chi connectivity index (χ0n) is 3.85. The molecule has 0 bridgehead atoms. The minimum absolute atomic E-state index is 0.126. The smallest absolute Gasteiger partial charge is 0.189 e. The summed E-state index contributed by atoms with van der Waals surface area (Å²) < 4.78 is 20.9. The fraction of sp³-hybridized carbons (Fsp3) is 1.00. The molecule has 0 spiro atoms. The van der Waals surface area contributed by atoms with E-state index in [0.717, 1.165) is 0 Å². The lowest BCUT2D eigenvalue weighted by Crippen LogP contribution is -1.78. The van der Waals surface area contributed by atoms with E-state index in [-0.39, 0.29) is 12.6 Å². The van der Waals surface area contributed by atoms with Crippen molar-refractivity contribution in [2.75, 3.05) is 12.8 Å². The van der Waals surface area contributed by atoms with Gasteiger partial charge >= 0.3 is 0 Å². The van der Waals surface area contributed by atoms with Crippen molar-refractivity contribution in [3.05, 3.63) is 0 Å². The van der Waals surface area contributed by atoms with E-state index in [1.807, 2.05) is 0 Å². The maximum atomic E-state index is 11.1. The maximum Gasteiger partial charge on any atom is 0.189 e. The Bertz CT molecular complexity index is 66.0. The molecule has 0 radical (unpaired) electrons. The Morgan fingerprint density at radius 1 is 1.71 bits per heavy atom. The summed E-state index contributed by atoms with van der Waals surface area (Å²) in [4.78, 5) is 8.06. The second-order valence-electron chi connectivity index (χ2n) is 1.19. The van der Waals surface area contributed by atoms with Gasteiger partial charge in [0.1, 0.15) is 0 Å². The fourth-order valence-electron chi connectivity index (χ4n) is 0.218. The predicted molar refractivity (Wildman–Crippen MR) is 26.7 cm³/mol. The average molecular weight is 126 g/mol. The molecule has 0 rings (SSSR count). The molecule has 1 unspecified atom stereocenters. The molecule has 7 heavy (non-hydrogen) atoms. The third-order valence-electron chi connectivity index (χ3n) is 0.524. The molecule has 0 heterocycles. The second-order valence-corrected chi connectivity index (χ2v) is 2.47. The van der Waals surface area contributed by atoms with Crippen LogP contribution in [0.4, 0.5) is 4.39 Å². The lowest BCUT2D eigenvalue weighted by Gasteiger charge is -1.85. The van der Waals surface area contributed by atoms with Crippen LogP contribution < -0.4 is 0 Å². The number of hydrogen-bond donors (Lipinski definition) is 1. The Balaban J connectivity index is 2.82. The Morgan fingerprint density at radius 2 is 2.29 bits per heavy atom. The molecular weight excluding hydrogens is 118 g/mol. The highest BCUT2D eigenvalue weighted by Crippen LogP contribution is 2.12. The lowest BCUT2D eigenvalue weighted by atomic mass is 10.6. The number of alkyl halides is 1. The summed E-state index contributed by atoms with van der Waals surface area (Å²) in [5.41, 5.74) is 0. The van der Waals surface area contributed by atoms with Crippen LogP contribution in [0, 0.1) is 0 Å². The van der Waals surface area contributed by atoms with E-state index < -0.39 is 14.7 Å². The third-order valence-corrected chi connectivity index (χ3v) is 1.31. The van der Waals surface area contributed by atoms with Crippen LogP contribution in [-0.2, 0) is 4.57 Å². The van der Waals surface area contributed by atoms with Gasteiger partial charge < -0.3 is 4.89 Å². The van der Waals surface area contributed by atoms with Gasteiger partial charge in [-0.1, -0.05) is 0 Å². The van der Waals surface area contributed by atoms with E-state index in [4.69, 9.17) is 4.89 Å². The minimum Gasteiger partial charge on any atom is -0.346 e. The Morgan fingerprint density at radius 3 is 2.43 bits per heavy atom. The topological polar surface area (TPSA) is 37.3 Å². The quantitative estimate of drug-likeness (QED) is 0.568. The van der Waals surface area contributed by atoms with E-state index in [1.165, 1.54) is 0 Å². The van der Waals surface area contributed by atoms with Crippen LogP contribution in [0.1, 0.15) is 6.42 Å². The van der Waals surface area contributed by atoms with Crippen molar-refractivity contribution < 1.29 is 13.8 Å². The van der Waals surface area contributed by atoms with Gasteiger partial charge in [-0.2, -0.15) is 0 Å². The van der Waals surface area contributed by atoms with Crippen molar-refractivity contribution in [2.24, 2.45) is 0 Å². The highest BCUT2D eigenvalue weighted by Gasteiger charge is 1.89.